The van der Waals surface area contributed by atoms with E-state index in [0.29, 0.717) is 22.9 Å². The summed E-state index contributed by atoms with van der Waals surface area (Å²) in [7, 11) is 1.63. The molecule has 0 atom stereocenters. The molecule has 0 fully saturated rings. The standard InChI is InChI=1S/C17H19N3O3S3/c1-5-19-15(21)11(16(22)20(6-2)17(19)24)14-18-9-7-8-10(23-3)13(25-4)12(9)26-14/h7-8,21H,5-6H2,1-4H3. The lowest BCUT2D eigenvalue weighted by molar-refractivity contribution is 0.403. The average Bonchev–Trinajstić information content (AvgIpc) is 3.05. The van der Waals surface area contributed by atoms with Crippen molar-refractivity contribution in [3.05, 3.63) is 27.3 Å². The Morgan fingerprint density at radius 2 is 2.00 bits per heavy atom. The van der Waals surface area contributed by atoms with Crippen LogP contribution in [0.1, 0.15) is 13.8 Å². The van der Waals surface area contributed by atoms with E-state index in [4.69, 9.17) is 17.0 Å². The first-order chi connectivity index (χ1) is 12.5. The van der Waals surface area contributed by atoms with Crippen LogP contribution in [0.25, 0.3) is 20.8 Å². The molecule has 3 rings (SSSR count). The quantitative estimate of drug-likeness (QED) is 0.505. The largest absolute Gasteiger partial charge is 0.496 e. The fourth-order valence-corrected chi connectivity index (χ4v) is 5.33. The summed E-state index contributed by atoms with van der Waals surface area (Å²) in [6.07, 6.45) is 1.97. The van der Waals surface area contributed by atoms with Gasteiger partial charge in [-0.05, 0) is 44.5 Å². The van der Waals surface area contributed by atoms with Gasteiger partial charge in [0.15, 0.2) is 4.77 Å². The van der Waals surface area contributed by atoms with Gasteiger partial charge in [-0.1, -0.05) is 0 Å². The third-order valence-electron chi connectivity index (χ3n) is 4.15. The van der Waals surface area contributed by atoms with Gasteiger partial charge in [-0.15, -0.1) is 23.1 Å². The molecule has 0 aliphatic rings. The average molecular weight is 410 g/mol. The fourth-order valence-electron chi connectivity index (χ4n) is 2.85. The van der Waals surface area contributed by atoms with Crippen molar-refractivity contribution in [2.45, 2.75) is 31.8 Å². The fraction of sp³-hybridized carbons (Fsp3) is 0.353. The van der Waals surface area contributed by atoms with Crippen molar-refractivity contribution < 1.29 is 9.84 Å². The minimum Gasteiger partial charge on any atom is -0.496 e. The highest BCUT2D eigenvalue weighted by Crippen LogP contribution is 2.41. The van der Waals surface area contributed by atoms with Crippen LogP contribution in [0.4, 0.5) is 0 Å². The van der Waals surface area contributed by atoms with E-state index in [1.807, 2.05) is 32.2 Å². The van der Waals surface area contributed by atoms with Gasteiger partial charge in [0.2, 0.25) is 5.88 Å². The molecule has 2 heterocycles. The zero-order chi connectivity index (χ0) is 19.0. The Morgan fingerprint density at radius 1 is 1.31 bits per heavy atom. The molecule has 0 saturated heterocycles. The maximum atomic E-state index is 12.9. The lowest BCUT2D eigenvalue weighted by atomic mass is 10.3. The molecule has 0 amide bonds. The number of hydrogen-bond donors (Lipinski definition) is 1. The van der Waals surface area contributed by atoms with Crippen LogP contribution in [0.2, 0.25) is 0 Å². The van der Waals surface area contributed by atoms with E-state index in [9.17, 15) is 9.90 Å². The van der Waals surface area contributed by atoms with E-state index in [-0.39, 0.29) is 17.0 Å². The molecule has 9 heteroatoms. The number of nitrogens with zero attached hydrogens (tertiary/aromatic N) is 3. The molecule has 0 bridgehead atoms. The number of fused-ring (bicyclic) bond motifs is 1. The Bertz CT molecular complexity index is 1100. The molecule has 26 heavy (non-hydrogen) atoms. The minimum absolute atomic E-state index is 0.135. The number of thiazole rings is 1. The topological polar surface area (TPSA) is 69.3 Å². The highest BCUT2D eigenvalue weighted by molar-refractivity contribution is 7.99. The van der Waals surface area contributed by atoms with Crippen molar-refractivity contribution in [2.75, 3.05) is 13.4 Å². The summed E-state index contributed by atoms with van der Waals surface area (Å²) in [5.41, 5.74) is 0.633. The molecule has 6 nitrogen and oxygen atoms in total. The third-order valence-corrected chi connectivity index (χ3v) is 6.64. The van der Waals surface area contributed by atoms with Crippen molar-refractivity contribution in [3.63, 3.8) is 0 Å². The first-order valence-electron chi connectivity index (χ1n) is 8.06. The molecular formula is C17H19N3O3S3. The monoisotopic (exact) mass is 409 g/mol. The Labute approximate surface area is 164 Å². The van der Waals surface area contributed by atoms with Crippen LogP contribution in [-0.4, -0.2) is 32.6 Å². The Kier molecular flexibility index (Phi) is 5.40. The smallest absolute Gasteiger partial charge is 0.268 e. The van der Waals surface area contributed by atoms with Crippen LogP contribution in [0.15, 0.2) is 21.8 Å². The van der Waals surface area contributed by atoms with E-state index < -0.39 is 0 Å². The minimum atomic E-state index is -0.323. The van der Waals surface area contributed by atoms with Gasteiger partial charge in [0, 0.05) is 13.1 Å². The van der Waals surface area contributed by atoms with Crippen LogP contribution in [0.3, 0.4) is 0 Å². The summed E-state index contributed by atoms with van der Waals surface area (Å²) < 4.78 is 9.70. The van der Waals surface area contributed by atoms with Crippen LogP contribution >= 0.6 is 35.3 Å². The number of thioether (sulfide) groups is 1. The molecule has 0 aliphatic heterocycles. The highest BCUT2D eigenvalue weighted by atomic mass is 32.2. The van der Waals surface area contributed by atoms with E-state index in [1.54, 1.807) is 23.4 Å². The van der Waals surface area contributed by atoms with Gasteiger partial charge in [-0.2, -0.15) is 0 Å². The molecule has 0 radical (unpaired) electrons. The first kappa shape index (κ1) is 18.9. The maximum Gasteiger partial charge on any atom is 0.268 e. The Balaban J connectivity index is 2.38. The number of aromatic hydroxyl groups is 1. The van der Waals surface area contributed by atoms with Gasteiger partial charge in [0.1, 0.15) is 16.3 Å². The molecular weight excluding hydrogens is 390 g/mol. The Hall–Kier alpha value is -1.84. The van der Waals surface area contributed by atoms with E-state index in [1.165, 1.54) is 15.9 Å². The van der Waals surface area contributed by atoms with Gasteiger partial charge < -0.3 is 9.84 Å². The molecule has 2 aromatic heterocycles. The summed E-state index contributed by atoms with van der Waals surface area (Å²) in [5.74, 6) is 0.629. The Morgan fingerprint density at radius 3 is 2.58 bits per heavy atom. The van der Waals surface area contributed by atoms with Crippen molar-refractivity contribution >= 4 is 45.5 Å². The number of benzene rings is 1. The molecule has 1 aromatic carbocycles. The van der Waals surface area contributed by atoms with Crippen molar-refractivity contribution in [2.24, 2.45) is 0 Å². The summed E-state index contributed by atoms with van der Waals surface area (Å²) in [4.78, 5) is 18.5. The molecule has 0 spiro atoms. The zero-order valence-electron chi connectivity index (χ0n) is 14.9. The van der Waals surface area contributed by atoms with E-state index in [0.717, 1.165) is 20.9 Å². The summed E-state index contributed by atoms with van der Waals surface area (Å²) in [5, 5.41) is 11.2. The van der Waals surface area contributed by atoms with E-state index >= 15 is 0 Å². The molecule has 0 unspecified atom stereocenters. The van der Waals surface area contributed by atoms with E-state index in [2.05, 4.69) is 4.98 Å². The SMILES string of the molecule is CCn1c(O)c(-c2nc3ccc(OC)c(SC)c3s2)c(=O)n(CC)c1=S. The molecule has 0 saturated carbocycles. The second-order valence-corrected chi connectivity index (χ2v) is 7.62. The number of ether oxygens (including phenoxy) is 1. The van der Waals surface area contributed by atoms with Crippen LogP contribution < -0.4 is 10.3 Å². The number of aromatic nitrogens is 3. The second-order valence-electron chi connectivity index (χ2n) is 5.44. The molecule has 1 N–H and O–H groups in total. The van der Waals surface area contributed by atoms with Gasteiger partial charge in [0.05, 0.1) is 22.2 Å². The maximum absolute atomic E-state index is 12.9. The zero-order valence-corrected chi connectivity index (χ0v) is 17.3. The highest BCUT2D eigenvalue weighted by Gasteiger charge is 2.22. The molecule has 138 valence electrons. The predicted octanol–water partition coefficient (Wildman–Crippen LogP) is 4.13. The lowest BCUT2D eigenvalue weighted by Crippen LogP contribution is -2.26. The first-order valence-corrected chi connectivity index (χ1v) is 10.5. The van der Waals surface area contributed by atoms with Crippen LogP contribution in [0, 0.1) is 4.77 Å². The number of methoxy groups -OCH3 is 1. The summed E-state index contributed by atoms with van der Waals surface area (Å²) in [6, 6.07) is 3.72. The lowest BCUT2D eigenvalue weighted by Gasteiger charge is -2.14. The van der Waals surface area contributed by atoms with Gasteiger partial charge >= 0.3 is 0 Å². The predicted molar refractivity (Wildman–Crippen MR) is 109 cm³/mol. The van der Waals surface area contributed by atoms with Gasteiger partial charge in [0.25, 0.3) is 5.56 Å². The molecule has 3 aromatic rings. The van der Waals surface area contributed by atoms with Crippen LogP contribution in [-0.2, 0) is 13.1 Å². The number of rotatable bonds is 5. The van der Waals surface area contributed by atoms with Gasteiger partial charge in [-0.25, -0.2) is 4.98 Å². The van der Waals surface area contributed by atoms with Gasteiger partial charge in [-0.3, -0.25) is 13.9 Å². The van der Waals surface area contributed by atoms with Crippen molar-refractivity contribution in [1.29, 1.82) is 0 Å². The van der Waals surface area contributed by atoms with Crippen molar-refractivity contribution in [3.8, 4) is 22.2 Å². The summed E-state index contributed by atoms with van der Waals surface area (Å²) in [6.45, 7) is 4.62. The second kappa shape index (κ2) is 7.42. The van der Waals surface area contributed by atoms with Crippen LogP contribution in [0.5, 0.6) is 11.6 Å². The number of hydrogen-bond acceptors (Lipinski definition) is 7. The van der Waals surface area contributed by atoms with Crippen molar-refractivity contribution in [1.82, 2.24) is 14.1 Å². The normalized spacial score (nSPS) is 11.2. The summed E-state index contributed by atoms with van der Waals surface area (Å²) >= 11 is 8.27. The molecule has 0 aliphatic carbocycles. The third kappa shape index (κ3) is 2.83.